The summed E-state index contributed by atoms with van der Waals surface area (Å²) in [4.78, 5) is 0. The number of benzene rings is 1. The smallest absolute Gasteiger partial charge is 0.404 e. The molecule has 0 aliphatic rings. The van der Waals surface area contributed by atoms with Crippen molar-refractivity contribution in [1.29, 1.82) is 0 Å². The highest BCUT2D eigenvalue weighted by Gasteiger charge is 2.32. The van der Waals surface area contributed by atoms with Crippen LogP contribution in [0.2, 0.25) is 5.02 Å². The second-order valence-electron chi connectivity index (χ2n) is 3.43. The summed E-state index contributed by atoms with van der Waals surface area (Å²) in [6, 6.07) is 3.04. The first kappa shape index (κ1) is 15.0. The van der Waals surface area contributed by atoms with Crippen LogP contribution in [0.25, 0.3) is 0 Å². The SMILES string of the molecule is OCC(O)C(O)c1ccc(OC(F)(F)F)c(Cl)c1. The van der Waals surface area contributed by atoms with Gasteiger partial charge in [0.05, 0.1) is 11.6 Å². The highest BCUT2D eigenvalue weighted by Crippen LogP contribution is 2.32. The Balaban J connectivity index is 2.92. The normalized spacial score (nSPS) is 15.3. The second-order valence-corrected chi connectivity index (χ2v) is 3.84. The summed E-state index contributed by atoms with van der Waals surface area (Å²) in [5.74, 6) is -0.612. The van der Waals surface area contributed by atoms with E-state index >= 15 is 0 Å². The van der Waals surface area contributed by atoms with Crippen molar-refractivity contribution >= 4 is 11.6 Å². The van der Waals surface area contributed by atoms with Gasteiger partial charge in [-0.3, -0.25) is 0 Å². The van der Waals surface area contributed by atoms with E-state index in [9.17, 15) is 23.4 Å². The van der Waals surface area contributed by atoms with Gasteiger partial charge < -0.3 is 20.1 Å². The van der Waals surface area contributed by atoms with Crippen LogP contribution in [0, 0.1) is 0 Å². The van der Waals surface area contributed by atoms with Gasteiger partial charge in [-0.1, -0.05) is 17.7 Å². The van der Waals surface area contributed by atoms with E-state index in [4.69, 9.17) is 16.7 Å². The molecule has 3 N–H and O–H groups in total. The van der Waals surface area contributed by atoms with E-state index in [0.717, 1.165) is 18.2 Å². The van der Waals surface area contributed by atoms with Crippen LogP contribution in [0.4, 0.5) is 13.2 Å². The molecular weight excluding hydrogens is 277 g/mol. The Morgan fingerprint density at radius 2 is 1.89 bits per heavy atom. The Labute approximate surface area is 105 Å². The zero-order valence-electron chi connectivity index (χ0n) is 8.86. The van der Waals surface area contributed by atoms with Gasteiger partial charge in [0.25, 0.3) is 0 Å². The first-order chi connectivity index (χ1) is 8.24. The van der Waals surface area contributed by atoms with Crippen molar-refractivity contribution < 1.29 is 33.2 Å². The van der Waals surface area contributed by atoms with Crippen LogP contribution < -0.4 is 4.74 Å². The third-order valence-electron chi connectivity index (χ3n) is 2.07. The average Bonchev–Trinajstić information content (AvgIpc) is 2.28. The van der Waals surface area contributed by atoms with E-state index in [1.54, 1.807) is 0 Å². The highest BCUT2D eigenvalue weighted by molar-refractivity contribution is 6.32. The van der Waals surface area contributed by atoms with E-state index in [1.165, 1.54) is 0 Å². The molecule has 0 spiro atoms. The molecule has 1 aromatic carbocycles. The third-order valence-corrected chi connectivity index (χ3v) is 2.37. The summed E-state index contributed by atoms with van der Waals surface area (Å²) in [5, 5.41) is 26.9. The number of rotatable bonds is 4. The molecule has 102 valence electrons. The summed E-state index contributed by atoms with van der Waals surface area (Å²) in [7, 11) is 0. The van der Waals surface area contributed by atoms with Crippen molar-refractivity contribution in [2.45, 2.75) is 18.6 Å². The van der Waals surface area contributed by atoms with Crippen LogP contribution in [0.1, 0.15) is 11.7 Å². The molecule has 0 aliphatic carbocycles. The van der Waals surface area contributed by atoms with Crippen molar-refractivity contribution in [2.75, 3.05) is 6.61 Å². The number of hydrogen-bond donors (Lipinski definition) is 3. The average molecular weight is 287 g/mol. The van der Waals surface area contributed by atoms with E-state index in [1.807, 2.05) is 0 Å². The van der Waals surface area contributed by atoms with E-state index in [2.05, 4.69) is 4.74 Å². The molecule has 4 nitrogen and oxygen atoms in total. The zero-order valence-corrected chi connectivity index (χ0v) is 9.61. The maximum Gasteiger partial charge on any atom is 0.573 e. The summed E-state index contributed by atoms with van der Waals surface area (Å²) >= 11 is 5.55. The predicted molar refractivity (Wildman–Crippen MR) is 56.2 cm³/mol. The fourth-order valence-corrected chi connectivity index (χ4v) is 1.46. The largest absolute Gasteiger partial charge is 0.573 e. The topological polar surface area (TPSA) is 69.9 Å². The van der Waals surface area contributed by atoms with Gasteiger partial charge in [-0.25, -0.2) is 0 Å². The molecule has 0 aromatic heterocycles. The van der Waals surface area contributed by atoms with Crippen molar-refractivity contribution in [3.63, 3.8) is 0 Å². The van der Waals surface area contributed by atoms with Crippen molar-refractivity contribution in [3.05, 3.63) is 28.8 Å². The van der Waals surface area contributed by atoms with Gasteiger partial charge in [-0.15, -0.1) is 13.2 Å². The Bertz CT molecular complexity index is 411. The molecular formula is C10H10ClF3O4. The number of alkyl halides is 3. The molecule has 0 saturated heterocycles. The minimum absolute atomic E-state index is 0.0658. The number of ether oxygens (including phenoxy) is 1. The van der Waals surface area contributed by atoms with Gasteiger partial charge in [0.2, 0.25) is 0 Å². The Kier molecular flexibility index (Phi) is 4.80. The molecule has 1 aromatic rings. The van der Waals surface area contributed by atoms with Gasteiger partial charge >= 0.3 is 6.36 Å². The van der Waals surface area contributed by atoms with E-state index in [-0.39, 0.29) is 10.6 Å². The van der Waals surface area contributed by atoms with Crippen LogP contribution in [0.5, 0.6) is 5.75 Å². The number of halogens is 4. The van der Waals surface area contributed by atoms with Crippen molar-refractivity contribution in [1.82, 2.24) is 0 Å². The molecule has 2 unspecified atom stereocenters. The standard InChI is InChI=1S/C10H10ClF3O4/c11-6-3-5(9(17)7(16)4-15)1-2-8(6)18-10(12,13)14/h1-3,7,9,15-17H,4H2. The zero-order chi connectivity index (χ0) is 13.9. The van der Waals surface area contributed by atoms with E-state index < -0.39 is 30.9 Å². The maximum absolute atomic E-state index is 12.0. The summed E-state index contributed by atoms with van der Waals surface area (Å²) in [6.07, 6.45) is -7.77. The van der Waals surface area contributed by atoms with Crippen LogP contribution in [-0.2, 0) is 0 Å². The molecule has 8 heteroatoms. The Hall–Kier alpha value is -1.02. The predicted octanol–water partition coefficient (Wildman–Crippen LogP) is 1.63. The molecule has 1 rings (SSSR count). The lowest BCUT2D eigenvalue weighted by Gasteiger charge is -2.17. The van der Waals surface area contributed by atoms with Crippen LogP contribution in [0.15, 0.2) is 18.2 Å². The third kappa shape index (κ3) is 4.02. The summed E-state index contributed by atoms with van der Waals surface area (Å²) in [6.45, 7) is -0.695. The van der Waals surface area contributed by atoms with Crippen LogP contribution in [-0.4, -0.2) is 34.4 Å². The molecule has 2 atom stereocenters. The highest BCUT2D eigenvalue weighted by atomic mass is 35.5. The lowest BCUT2D eigenvalue weighted by Crippen LogP contribution is -2.22. The van der Waals surface area contributed by atoms with Crippen LogP contribution >= 0.6 is 11.6 Å². The maximum atomic E-state index is 12.0. The van der Waals surface area contributed by atoms with Crippen LogP contribution in [0.3, 0.4) is 0 Å². The number of hydrogen-bond acceptors (Lipinski definition) is 4. The first-order valence-corrected chi connectivity index (χ1v) is 5.14. The molecule has 0 heterocycles. The minimum Gasteiger partial charge on any atom is -0.404 e. The molecule has 0 aliphatic heterocycles. The lowest BCUT2D eigenvalue weighted by atomic mass is 10.0. The second kappa shape index (κ2) is 5.75. The first-order valence-electron chi connectivity index (χ1n) is 4.77. The Morgan fingerprint density at radius 3 is 2.33 bits per heavy atom. The minimum atomic E-state index is -4.87. The van der Waals surface area contributed by atoms with Gasteiger partial charge in [0.1, 0.15) is 18.0 Å². The molecule has 0 fully saturated rings. The quantitative estimate of drug-likeness (QED) is 0.787. The fourth-order valence-electron chi connectivity index (χ4n) is 1.23. The van der Waals surface area contributed by atoms with Gasteiger partial charge in [-0.05, 0) is 17.7 Å². The number of aliphatic hydroxyl groups is 3. The lowest BCUT2D eigenvalue weighted by molar-refractivity contribution is -0.274. The van der Waals surface area contributed by atoms with Crippen molar-refractivity contribution in [3.8, 4) is 5.75 Å². The van der Waals surface area contributed by atoms with Crippen molar-refractivity contribution in [2.24, 2.45) is 0 Å². The van der Waals surface area contributed by atoms with Gasteiger partial charge in [0.15, 0.2) is 0 Å². The monoisotopic (exact) mass is 286 g/mol. The Morgan fingerprint density at radius 1 is 1.28 bits per heavy atom. The summed E-state index contributed by atoms with van der Waals surface area (Å²) in [5.41, 5.74) is 0.0658. The summed E-state index contributed by atoms with van der Waals surface area (Å²) < 4.78 is 39.5. The molecule has 0 amide bonds. The van der Waals surface area contributed by atoms with Gasteiger partial charge in [-0.2, -0.15) is 0 Å². The van der Waals surface area contributed by atoms with Gasteiger partial charge in [0, 0.05) is 0 Å². The number of aliphatic hydroxyl groups excluding tert-OH is 3. The molecule has 0 bridgehead atoms. The molecule has 18 heavy (non-hydrogen) atoms. The van der Waals surface area contributed by atoms with E-state index in [0.29, 0.717) is 0 Å². The molecule has 0 saturated carbocycles. The molecule has 0 radical (unpaired) electrons. The fraction of sp³-hybridized carbons (Fsp3) is 0.400.